The number of hydrogen-bond acceptors (Lipinski definition) is 2. The van der Waals surface area contributed by atoms with E-state index in [-0.39, 0.29) is 5.56 Å². The summed E-state index contributed by atoms with van der Waals surface area (Å²) in [7, 11) is 0. The molecule has 57 valence electrons. The van der Waals surface area contributed by atoms with Gasteiger partial charge < -0.3 is 10.2 Å². The third kappa shape index (κ3) is 1.56. The van der Waals surface area contributed by atoms with E-state index in [2.05, 4.69) is 0 Å². The number of rotatable bonds is 2. The fraction of sp³-hybridized carbons (Fsp3) is 0. The Kier molecular flexibility index (Phi) is 2.23. The van der Waals surface area contributed by atoms with Crippen LogP contribution < -0.4 is 0 Å². The number of benzene rings is 1. The molecule has 2 N–H and O–H groups in total. The lowest BCUT2D eigenvalue weighted by Crippen LogP contribution is -2.00. The van der Waals surface area contributed by atoms with Gasteiger partial charge in [-0.3, -0.25) is 0 Å². The first-order valence-electron chi connectivity index (χ1n) is 3.05. The highest BCUT2D eigenvalue weighted by Gasteiger charge is 2.06. The Bertz CT molecular complexity index is 268. The predicted molar refractivity (Wildman–Crippen MR) is 38.7 cm³/mol. The highest BCUT2D eigenvalue weighted by atomic mass is 16.4. The van der Waals surface area contributed by atoms with Crippen molar-refractivity contribution < 1.29 is 15.0 Å². The van der Waals surface area contributed by atoms with Crippen molar-refractivity contribution in [3.05, 3.63) is 42.0 Å². The van der Waals surface area contributed by atoms with Gasteiger partial charge in [-0.1, -0.05) is 18.2 Å². The zero-order valence-electron chi connectivity index (χ0n) is 5.69. The van der Waals surface area contributed by atoms with Gasteiger partial charge in [-0.25, -0.2) is 4.79 Å². The van der Waals surface area contributed by atoms with Gasteiger partial charge in [0.25, 0.3) is 0 Å². The molecule has 0 unspecified atom stereocenters. The van der Waals surface area contributed by atoms with E-state index in [1.54, 1.807) is 12.1 Å². The highest BCUT2D eigenvalue weighted by Crippen LogP contribution is 2.08. The summed E-state index contributed by atoms with van der Waals surface area (Å²) in [5.41, 5.74) is 0.426. The zero-order valence-corrected chi connectivity index (χ0v) is 5.69. The number of aliphatic hydroxyl groups is 1. The summed E-state index contributed by atoms with van der Waals surface area (Å²) in [5, 5.41) is 17.1. The van der Waals surface area contributed by atoms with Gasteiger partial charge in [0.05, 0.1) is 5.56 Å². The molecule has 0 aliphatic carbocycles. The normalized spacial score (nSPS) is 9.55. The van der Waals surface area contributed by atoms with E-state index in [0.29, 0.717) is 5.56 Å². The first-order chi connectivity index (χ1) is 5.25. The Morgan fingerprint density at radius 1 is 1.36 bits per heavy atom. The van der Waals surface area contributed by atoms with Gasteiger partial charge in [0, 0.05) is 0 Å². The average Bonchev–Trinajstić information content (AvgIpc) is 2.04. The fourth-order valence-corrected chi connectivity index (χ4v) is 0.804. The van der Waals surface area contributed by atoms with Crippen LogP contribution in [0, 0.1) is 6.61 Å². The molecule has 0 saturated heterocycles. The summed E-state index contributed by atoms with van der Waals surface area (Å²) in [4.78, 5) is 10.4. The summed E-state index contributed by atoms with van der Waals surface area (Å²) in [6.07, 6.45) is 0. The minimum atomic E-state index is -1.04. The Morgan fingerprint density at radius 3 is 2.45 bits per heavy atom. The third-order valence-corrected chi connectivity index (χ3v) is 1.33. The molecule has 0 aromatic heterocycles. The second-order valence-electron chi connectivity index (χ2n) is 2.02. The molecule has 3 heteroatoms. The summed E-state index contributed by atoms with van der Waals surface area (Å²) in [5.74, 6) is -1.04. The molecule has 0 saturated carbocycles. The lowest BCUT2D eigenvalue weighted by molar-refractivity contribution is 0.0695. The summed E-state index contributed by atoms with van der Waals surface area (Å²) >= 11 is 0. The first kappa shape index (κ1) is 7.75. The third-order valence-electron chi connectivity index (χ3n) is 1.33. The Labute approximate surface area is 63.9 Å². The van der Waals surface area contributed by atoms with Crippen molar-refractivity contribution in [1.29, 1.82) is 0 Å². The summed E-state index contributed by atoms with van der Waals surface area (Å²) < 4.78 is 0. The molecule has 0 bridgehead atoms. The molecule has 0 atom stereocenters. The van der Waals surface area contributed by atoms with Crippen molar-refractivity contribution in [3.8, 4) is 0 Å². The number of carbonyl (C=O) groups is 1. The smallest absolute Gasteiger partial charge is 0.336 e. The van der Waals surface area contributed by atoms with Gasteiger partial charge in [-0.2, -0.15) is 0 Å². The minimum absolute atomic E-state index is 0.106. The van der Waals surface area contributed by atoms with E-state index in [1.165, 1.54) is 12.1 Å². The van der Waals surface area contributed by atoms with Crippen LogP contribution in [0.5, 0.6) is 0 Å². The van der Waals surface area contributed by atoms with Crippen LogP contribution in [0.1, 0.15) is 15.9 Å². The molecule has 1 radical (unpaired) electrons. The summed E-state index contributed by atoms with van der Waals surface area (Å²) in [6.45, 7) is 0.781. The number of hydrogen-bond donors (Lipinski definition) is 2. The Hall–Kier alpha value is -1.35. The molecule has 0 heterocycles. The van der Waals surface area contributed by atoms with E-state index in [1.807, 2.05) is 0 Å². The van der Waals surface area contributed by atoms with Crippen molar-refractivity contribution in [1.82, 2.24) is 0 Å². The van der Waals surface area contributed by atoms with Crippen molar-refractivity contribution in [2.75, 3.05) is 0 Å². The lowest BCUT2D eigenvalue weighted by Gasteiger charge is -1.99. The lowest BCUT2D eigenvalue weighted by atomic mass is 10.1. The van der Waals surface area contributed by atoms with Crippen LogP contribution in [-0.4, -0.2) is 16.2 Å². The molecule has 0 spiro atoms. The zero-order chi connectivity index (χ0) is 8.27. The quantitative estimate of drug-likeness (QED) is 0.669. The van der Waals surface area contributed by atoms with Crippen LogP contribution in [-0.2, 0) is 0 Å². The van der Waals surface area contributed by atoms with E-state index in [0.717, 1.165) is 6.61 Å². The van der Waals surface area contributed by atoms with Gasteiger partial charge in [-0.15, -0.1) is 0 Å². The monoisotopic (exact) mass is 151 g/mol. The SMILES string of the molecule is O=C(O)c1ccccc1[CH]O. The molecule has 1 aromatic carbocycles. The maximum atomic E-state index is 10.4. The summed E-state index contributed by atoms with van der Waals surface area (Å²) in [6, 6.07) is 6.23. The van der Waals surface area contributed by atoms with Crippen LogP contribution in [0.4, 0.5) is 0 Å². The molecule has 0 aliphatic rings. The number of carboxylic acid groups (broad SMARTS) is 1. The van der Waals surface area contributed by atoms with Crippen LogP contribution in [0.25, 0.3) is 0 Å². The van der Waals surface area contributed by atoms with E-state index >= 15 is 0 Å². The maximum absolute atomic E-state index is 10.4. The molecule has 1 aromatic rings. The molecular weight excluding hydrogens is 144 g/mol. The topological polar surface area (TPSA) is 57.5 Å². The van der Waals surface area contributed by atoms with Crippen LogP contribution >= 0.6 is 0 Å². The van der Waals surface area contributed by atoms with Crippen LogP contribution in [0.2, 0.25) is 0 Å². The first-order valence-corrected chi connectivity index (χ1v) is 3.05. The van der Waals surface area contributed by atoms with E-state index in [4.69, 9.17) is 10.2 Å². The Balaban J connectivity index is 3.12. The predicted octanol–water partition coefficient (Wildman–Crippen LogP) is 1.27. The van der Waals surface area contributed by atoms with Crippen molar-refractivity contribution in [2.24, 2.45) is 0 Å². The van der Waals surface area contributed by atoms with Crippen LogP contribution in [0.3, 0.4) is 0 Å². The standard InChI is InChI=1S/C8H7O3/c9-5-6-3-1-2-4-7(6)8(10)11/h1-5,9H,(H,10,11). The van der Waals surface area contributed by atoms with E-state index in [9.17, 15) is 4.79 Å². The molecule has 0 fully saturated rings. The largest absolute Gasteiger partial charge is 0.478 e. The number of aliphatic hydroxyl groups excluding tert-OH is 1. The molecular formula is C8H7O3. The molecule has 0 amide bonds. The second kappa shape index (κ2) is 3.16. The van der Waals surface area contributed by atoms with Gasteiger partial charge in [-0.05, 0) is 11.6 Å². The van der Waals surface area contributed by atoms with Gasteiger partial charge in [0.2, 0.25) is 0 Å². The van der Waals surface area contributed by atoms with Crippen molar-refractivity contribution in [3.63, 3.8) is 0 Å². The van der Waals surface area contributed by atoms with Crippen LogP contribution in [0.15, 0.2) is 24.3 Å². The molecule has 1 rings (SSSR count). The van der Waals surface area contributed by atoms with Crippen molar-refractivity contribution >= 4 is 5.97 Å². The minimum Gasteiger partial charge on any atom is -0.478 e. The Morgan fingerprint density at radius 2 is 2.00 bits per heavy atom. The number of aromatic carboxylic acids is 1. The van der Waals surface area contributed by atoms with Gasteiger partial charge >= 0.3 is 5.97 Å². The van der Waals surface area contributed by atoms with Crippen molar-refractivity contribution in [2.45, 2.75) is 0 Å². The molecule has 0 aliphatic heterocycles. The average molecular weight is 151 g/mol. The number of carboxylic acids is 1. The van der Waals surface area contributed by atoms with Gasteiger partial charge in [0.15, 0.2) is 0 Å². The molecule has 3 nitrogen and oxygen atoms in total. The van der Waals surface area contributed by atoms with E-state index < -0.39 is 5.97 Å². The maximum Gasteiger partial charge on any atom is 0.336 e. The fourth-order valence-electron chi connectivity index (χ4n) is 0.804. The highest BCUT2D eigenvalue weighted by molar-refractivity contribution is 5.89. The van der Waals surface area contributed by atoms with Gasteiger partial charge in [0.1, 0.15) is 6.61 Å². The molecule has 11 heavy (non-hydrogen) atoms. The second-order valence-corrected chi connectivity index (χ2v) is 2.02.